The minimum Gasteiger partial charge on any atom is -0.446 e. The molecule has 0 fully saturated rings. The van der Waals surface area contributed by atoms with Gasteiger partial charge in [0, 0.05) is 68.0 Å². The standard InChI is InChI=1S/C22H21FN8O/c1-12-28-19-10-31(4-3-20(19)32-12)21-7-18(26-11-27-21)22-15-5-14(13(8-24)9-25-2)16(23)6-17(15)29-30-22/h5-9,11H,3-4,10,24H2,1-2H3,(H,29,30). The maximum absolute atomic E-state index is 14.7. The van der Waals surface area contributed by atoms with E-state index in [0.717, 1.165) is 35.6 Å². The number of nitrogens with one attached hydrogen (secondary N) is 1. The lowest BCUT2D eigenvalue weighted by Crippen LogP contribution is -2.30. The molecular formula is C22H21FN8O. The number of anilines is 1. The number of hydrogen-bond donors (Lipinski definition) is 2. The van der Waals surface area contributed by atoms with Gasteiger partial charge in [-0.3, -0.25) is 10.1 Å². The van der Waals surface area contributed by atoms with Gasteiger partial charge in [0.15, 0.2) is 5.89 Å². The maximum atomic E-state index is 14.7. The van der Waals surface area contributed by atoms with Gasteiger partial charge < -0.3 is 15.1 Å². The van der Waals surface area contributed by atoms with Crippen molar-refractivity contribution in [1.82, 2.24) is 25.1 Å². The summed E-state index contributed by atoms with van der Waals surface area (Å²) in [6.07, 6.45) is 5.11. The number of H-pyrrole nitrogens is 1. The third-order valence-corrected chi connectivity index (χ3v) is 5.46. The fourth-order valence-electron chi connectivity index (χ4n) is 3.97. The van der Waals surface area contributed by atoms with E-state index >= 15 is 0 Å². The SMILES string of the molecule is CN=CC(=CN)c1cc2c(-c3cc(N4CCc5oc(C)nc5C4)ncn3)n[nH]c2cc1F. The van der Waals surface area contributed by atoms with Crippen molar-refractivity contribution in [2.75, 3.05) is 18.5 Å². The monoisotopic (exact) mass is 432 g/mol. The number of aliphatic imine (C=N–C) groups is 1. The third kappa shape index (κ3) is 3.39. The Morgan fingerprint density at radius 1 is 1.31 bits per heavy atom. The normalized spacial score (nSPS) is 14.5. The number of nitrogens with two attached hydrogens (primary N) is 1. The number of aromatic amines is 1. The molecule has 0 aliphatic carbocycles. The molecule has 32 heavy (non-hydrogen) atoms. The van der Waals surface area contributed by atoms with Crippen LogP contribution in [0.3, 0.4) is 0 Å². The Labute approximate surface area is 182 Å². The van der Waals surface area contributed by atoms with Crippen LogP contribution in [0, 0.1) is 12.7 Å². The van der Waals surface area contributed by atoms with E-state index in [0.29, 0.717) is 40.5 Å². The summed E-state index contributed by atoms with van der Waals surface area (Å²) >= 11 is 0. The highest BCUT2D eigenvalue weighted by Crippen LogP contribution is 2.31. The molecule has 0 saturated carbocycles. The van der Waals surface area contributed by atoms with Crippen molar-refractivity contribution < 1.29 is 8.81 Å². The molecule has 9 nitrogen and oxygen atoms in total. The molecule has 3 N–H and O–H groups in total. The Bertz CT molecular complexity index is 1370. The van der Waals surface area contributed by atoms with Gasteiger partial charge >= 0.3 is 0 Å². The van der Waals surface area contributed by atoms with E-state index in [4.69, 9.17) is 10.2 Å². The van der Waals surface area contributed by atoms with Crippen LogP contribution in [0.5, 0.6) is 0 Å². The molecule has 0 amide bonds. The summed E-state index contributed by atoms with van der Waals surface area (Å²) in [6.45, 7) is 3.22. The van der Waals surface area contributed by atoms with Crippen molar-refractivity contribution >= 4 is 28.5 Å². The quantitative estimate of drug-likeness (QED) is 0.475. The number of nitrogens with zero attached hydrogens (tertiary/aromatic N) is 6. The van der Waals surface area contributed by atoms with Crippen molar-refractivity contribution in [3.63, 3.8) is 0 Å². The zero-order valence-electron chi connectivity index (χ0n) is 17.6. The number of aryl methyl sites for hydroxylation is 1. The summed E-state index contributed by atoms with van der Waals surface area (Å²) in [5.74, 6) is 1.95. The van der Waals surface area contributed by atoms with E-state index in [9.17, 15) is 4.39 Å². The molecule has 0 spiro atoms. The summed E-state index contributed by atoms with van der Waals surface area (Å²) in [4.78, 5) is 19.4. The first kappa shape index (κ1) is 19.9. The molecule has 1 aliphatic heterocycles. The average Bonchev–Trinajstić information content (AvgIpc) is 3.38. The summed E-state index contributed by atoms with van der Waals surface area (Å²) < 4.78 is 20.3. The second-order valence-corrected chi connectivity index (χ2v) is 7.49. The maximum Gasteiger partial charge on any atom is 0.191 e. The summed E-state index contributed by atoms with van der Waals surface area (Å²) in [5, 5.41) is 8.00. The number of rotatable bonds is 4. The molecule has 0 saturated heterocycles. The van der Waals surface area contributed by atoms with Crippen LogP contribution in [-0.2, 0) is 13.0 Å². The number of halogens is 1. The van der Waals surface area contributed by atoms with Crippen molar-refractivity contribution in [3.05, 3.63) is 59.5 Å². The van der Waals surface area contributed by atoms with E-state index < -0.39 is 5.82 Å². The van der Waals surface area contributed by atoms with Crippen LogP contribution in [0.25, 0.3) is 27.9 Å². The molecule has 0 bridgehead atoms. The molecule has 0 atom stereocenters. The Hall–Kier alpha value is -4.08. The van der Waals surface area contributed by atoms with E-state index in [1.165, 1.54) is 24.8 Å². The first-order chi connectivity index (χ1) is 15.6. The molecule has 10 heteroatoms. The second kappa shape index (κ2) is 7.88. The predicted molar refractivity (Wildman–Crippen MR) is 120 cm³/mol. The number of fused-ring (bicyclic) bond motifs is 2. The van der Waals surface area contributed by atoms with Crippen LogP contribution in [0.15, 0.2) is 40.1 Å². The third-order valence-electron chi connectivity index (χ3n) is 5.46. The van der Waals surface area contributed by atoms with Gasteiger partial charge in [0.25, 0.3) is 0 Å². The predicted octanol–water partition coefficient (Wildman–Crippen LogP) is 3.02. The number of hydrogen-bond acceptors (Lipinski definition) is 8. The van der Waals surface area contributed by atoms with Crippen LogP contribution in [0.2, 0.25) is 0 Å². The largest absolute Gasteiger partial charge is 0.446 e. The van der Waals surface area contributed by atoms with Gasteiger partial charge in [-0.05, 0) is 6.07 Å². The van der Waals surface area contributed by atoms with Crippen LogP contribution < -0.4 is 10.6 Å². The Kier molecular flexibility index (Phi) is 4.89. The minimum atomic E-state index is -0.417. The van der Waals surface area contributed by atoms with E-state index in [-0.39, 0.29) is 0 Å². The number of allylic oxidation sites excluding steroid dienone is 1. The molecular weight excluding hydrogens is 411 g/mol. The van der Waals surface area contributed by atoms with E-state index in [2.05, 4.69) is 35.0 Å². The number of aromatic nitrogens is 5. The highest BCUT2D eigenvalue weighted by atomic mass is 19.1. The number of benzene rings is 1. The van der Waals surface area contributed by atoms with Crippen molar-refractivity contribution in [2.24, 2.45) is 10.7 Å². The summed E-state index contributed by atoms with van der Waals surface area (Å²) in [5.41, 5.74) is 9.23. The van der Waals surface area contributed by atoms with Crippen molar-refractivity contribution in [1.29, 1.82) is 0 Å². The molecule has 1 aromatic carbocycles. The highest BCUT2D eigenvalue weighted by molar-refractivity contribution is 6.11. The summed E-state index contributed by atoms with van der Waals surface area (Å²) in [7, 11) is 1.61. The van der Waals surface area contributed by atoms with E-state index in [1.807, 2.05) is 13.0 Å². The lowest BCUT2D eigenvalue weighted by molar-refractivity contribution is 0.463. The first-order valence-corrected chi connectivity index (χ1v) is 10.1. The lowest BCUT2D eigenvalue weighted by Gasteiger charge is -2.26. The fraction of sp³-hybridized carbons (Fsp3) is 0.227. The Morgan fingerprint density at radius 3 is 3.00 bits per heavy atom. The van der Waals surface area contributed by atoms with Gasteiger partial charge in [0.1, 0.15) is 35.1 Å². The minimum absolute atomic E-state index is 0.340. The molecule has 4 aromatic rings. The fourth-order valence-corrected chi connectivity index (χ4v) is 3.97. The zero-order valence-corrected chi connectivity index (χ0v) is 17.6. The van der Waals surface area contributed by atoms with Gasteiger partial charge in [-0.15, -0.1) is 0 Å². The molecule has 3 aromatic heterocycles. The van der Waals surface area contributed by atoms with Crippen LogP contribution in [0.1, 0.15) is 22.9 Å². The van der Waals surface area contributed by atoms with Gasteiger partial charge in [-0.2, -0.15) is 5.10 Å². The molecule has 0 unspecified atom stereocenters. The topological polar surface area (TPSA) is 122 Å². The van der Waals surface area contributed by atoms with Crippen LogP contribution in [-0.4, -0.2) is 45.0 Å². The number of oxazole rings is 1. The van der Waals surface area contributed by atoms with E-state index in [1.54, 1.807) is 13.1 Å². The molecule has 1 aliphatic rings. The second-order valence-electron chi connectivity index (χ2n) is 7.49. The highest BCUT2D eigenvalue weighted by Gasteiger charge is 2.23. The van der Waals surface area contributed by atoms with Crippen molar-refractivity contribution in [2.45, 2.75) is 19.9 Å². The Balaban J connectivity index is 1.54. The molecule has 162 valence electrons. The Morgan fingerprint density at radius 2 is 2.19 bits per heavy atom. The molecule has 0 radical (unpaired) electrons. The smallest absolute Gasteiger partial charge is 0.191 e. The zero-order chi connectivity index (χ0) is 22.2. The molecule has 4 heterocycles. The van der Waals surface area contributed by atoms with Gasteiger partial charge in [0.2, 0.25) is 0 Å². The molecule has 5 rings (SSSR count). The average molecular weight is 432 g/mol. The van der Waals surface area contributed by atoms with Crippen molar-refractivity contribution in [3.8, 4) is 11.4 Å². The first-order valence-electron chi connectivity index (χ1n) is 10.1. The van der Waals surface area contributed by atoms with Crippen LogP contribution in [0.4, 0.5) is 10.2 Å². The van der Waals surface area contributed by atoms with Gasteiger partial charge in [0.05, 0.1) is 17.8 Å². The van der Waals surface area contributed by atoms with Gasteiger partial charge in [-0.25, -0.2) is 19.3 Å². The summed E-state index contributed by atoms with van der Waals surface area (Å²) in [6, 6.07) is 4.98. The van der Waals surface area contributed by atoms with Gasteiger partial charge in [-0.1, -0.05) is 0 Å². The lowest BCUT2D eigenvalue weighted by atomic mass is 10.0. The van der Waals surface area contributed by atoms with Crippen LogP contribution >= 0.6 is 0 Å².